The first-order chi connectivity index (χ1) is 11.3. The molecular weight excluding hydrogens is 328 g/mol. The molecule has 1 heterocycles. The molecule has 3 fully saturated rings. The molecule has 0 radical (unpaired) electrons. The van der Waals surface area contributed by atoms with Crippen molar-refractivity contribution >= 4 is 15.9 Å². The Kier molecular flexibility index (Phi) is 3.47. The van der Waals surface area contributed by atoms with Crippen LogP contribution < -0.4 is 0 Å². The van der Waals surface area contributed by atoms with E-state index in [1.54, 1.807) is 24.3 Å². The van der Waals surface area contributed by atoms with E-state index in [2.05, 4.69) is 0 Å². The zero-order valence-electron chi connectivity index (χ0n) is 13.9. The van der Waals surface area contributed by atoms with E-state index in [1.165, 1.54) is 0 Å². The van der Waals surface area contributed by atoms with Crippen LogP contribution in [0.25, 0.3) is 0 Å². The minimum atomic E-state index is -3.83. The summed E-state index contributed by atoms with van der Waals surface area (Å²) in [7, 11) is -3.83. The molecule has 2 saturated carbocycles. The number of ketones is 1. The van der Waals surface area contributed by atoms with E-state index in [4.69, 9.17) is 8.92 Å². The van der Waals surface area contributed by atoms with Gasteiger partial charge in [-0.25, -0.2) is 0 Å². The van der Waals surface area contributed by atoms with Crippen LogP contribution in [0.5, 0.6) is 0 Å². The molecule has 1 saturated heterocycles. The molecule has 4 atom stereocenters. The van der Waals surface area contributed by atoms with E-state index in [0.717, 1.165) is 18.4 Å². The number of benzene rings is 1. The molecule has 6 heteroatoms. The largest absolute Gasteiger partial charge is 0.357 e. The lowest BCUT2D eigenvalue weighted by Gasteiger charge is -2.47. The van der Waals surface area contributed by atoms with Gasteiger partial charge in [0.15, 0.2) is 5.78 Å². The van der Waals surface area contributed by atoms with Crippen LogP contribution in [0.1, 0.15) is 44.6 Å². The maximum atomic E-state index is 12.7. The van der Waals surface area contributed by atoms with E-state index in [-0.39, 0.29) is 16.8 Å². The van der Waals surface area contributed by atoms with E-state index in [0.29, 0.717) is 19.3 Å². The molecular formula is C18H22O5S. The van der Waals surface area contributed by atoms with E-state index in [9.17, 15) is 13.2 Å². The molecule has 130 valence electrons. The lowest BCUT2D eigenvalue weighted by molar-refractivity contribution is -0.124. The average molecular weight is 350 g/mol. The maximum absolute atomic E-state index is 12.7. The van der Waals surface area contributed by atoms with E-state index < -0.39 is 27.2 Å². The predicted octanol–water partition coefficient (Wildman–Crippen LogP) is 2.76. The normalized spacial score (nSPS) is 38.3. The summed E-state index contributed by atoms with van der Waals surface area (Å²) in [4.78, 5) is 12.2. The first-order valence-corrected chi connectivity index (χ1v) is 9.90. The molecule has 0 aromatic heterocycles. The fraction of sp³-hybridized carbons (Fsp3) is 0.611. The summed E-state index contributed by atoms with van der Waals surface area (Å²) in [6, 6.07) is 6.68. The zero-order chi connectivity index (χ0) is 17.2. The quantitative estimate of drug-likeness (QED) is 0.619. The van der Waals surface area contributed by atoms with Crippen molar-refractivity contribution in [1.29, 1.82) is 0 Å². The second-order valence-electron chi connectivity index (χ2n) is 7.52. The van der Waals surface area contributed by atoms with Gasteiger partial charge in [-0.3, -0.25) is 8.98 Å². The Hall–Kier alpha value is -1.24. The highest BCUT2D eigenvalue weighted by molar-refractivity contribution is 7.86. The van der Waals surface area contributed by atoms with Crippen LogP contribution in [-0.2, 0) is 23.8 Å². The predicted molar refractivity (Wildman–Crippen MR) is 87.0 cm³/mol. The Balaban J connectivity index is 1.62. The fourth-order valence-corrected chi connectivity index (χ4v) is 5.70. The number of carbonyl (C=O) groups is 1. The number of Topliss-reactive ketones (excluding diaryl/α,β-unsaturated/α-hetero) is 1. The molecule has 5 nitrogen and oxygen atoms in total. The second-order valence-corrected chi connectivity index (χ2v) is 9.09. The van der Waals surface area contributed by atoms with Crippen molar-refractivity contribution in [2.24, 2.45) is 5.41 Å². The highest BCUT2D eigenvalue weighted by Gasteiger charge is 2.74. The average Bonchev–Trinajstić information content (AvgIpc) is 3.27. The number of hydrogen-bond acceptors (Lipinski definition) is 5. The van der Waals surface area contributed by atoms with Crippen molar-refractivity contribution < 1.29 is 22.1 Å². The van der Waals surface area contributed by atoms with Gasteiger partial charge in [0.2, 0.25) is 0 Å². The summed E-state index contributed by atoms with van der Waals surface area (Å²) in [5.41, 5.74) is 0.0628. The highest BCUT2D eigenvalue weighted by Crippen LogP contribution is 2.64. The molecule has 4 rings (SSSR count). The monoisotopic (exact) mass is 350 g/mol. The Labute approximate surface area is 142 Å². The van der Waals surface area contributed by atoms with Crippen molar-refractivity contribution in [3.63, 3.8) is 0 Å². The van der Waals surface area contributed by atoms with Crippen molar-refractivity contribution in [3.05, 3.63) is 29.8 Å². The summed E-state index contributed by atoms with van der Waals surface area (Å²) in [5.74, 6) is 0.148. The fourth-order valence-electron chi connectivity index (χ4n) is 4.51. The number of carbonyl (C=O) groups excluding carboxylic acids is 1. The van der Waals surface area contributed by atoms with Gasteiger partial charge in [0.25, 0.3) is 10.1 Å². The first kappa shape index (κ1) is 16.2. The van der Waals surface area contributed by atoms with Crippen LogP contribution in [0.15, 0.2) is 29.2 Å². The van der Waals surface area contributed by atoms with Crippen LogP contribution in [0.2, 0.25) is 0 Å². The van der Waals surface area contributed by atoms with Gasteiger partial charge >= 0.3 is 0 Å². The van der Waals surface area contributed by atoms with Gasteiger partial charge in [0, 0.05) is 11.8 Å². The minimum absolute atomic E-state index is 0.148. The molecule has 0 N–H and O–H groups in total. The number of hydrogen-bond donors (Lipinski definition) is 0. The van der Waals surface area contributed by atoms with Crippen LogP contribution in [0, 0.1) is 12.3 Å². The third-order valence-electron chi connectivity index (χ3n) is 6.12. The molecule has 3 aliphatic rings. The van der Waals surface area contributed by atoms with Gasteiger partial charge in [-0.2, -0.15) is 8.42 Å². The zero-order valence-corrected chi connectivity index (χ0v) is 14.8. The molecule has 0 bridgehead atoms. The standard InChI is InChI=1S/C18H22O5S/c1-12-5-7-13(8-6-12)24(20,21)23-15-4-3-10-18-16(22-18)14(19)9-11-17(15,18)2/h5-8,15-16H,3-4,9-11H2,1-2H3/t15-,16+,17+,18+/m1/s1. The van der Waals surface area contributed by atoms with Gasteiger partial charge in [0.1, 0.15) is 11.7 Å². The Morgan fingerprint density at radius 3 is 2.62 bits per heavy atom. The molecule has 1 aromatic rings. The lowest BCUT2D eigenvalue weighted by Crippen LogP contribution is -2.54. The number of rotatable bonds is 3. The van der Waals surface area contributed by atoms with E-state index in [1.807, 2.05) is 13.8 Å². The van der Waals surface area contributed by atoms with Crippen molar-refractivity contribution in [2.75, 3.05) is 0 Å². The lowest BCUT2D eigenvalue weighted by atomic mass is 9.58. The Morgan fingerprint density at radius 1 is 1.21 bits per heavy atom. The topological polar surface area (TPSA) is 73.0 Å². The van der Waals surface area contributed by atoms with Gasteiger partial charge in [-0.05, 0) is 44.7 Å². The van der Waals surface area contributed by atoms with Gasteiger partial charge < -0.3 is 4.74 Å². The molecule has 0 unspecified atom stereocenters. The summed E-state index contributed by atoms with van der Waals surface area (Å²) < 4.78 is 36.9. The number of epoxide rings is 1. The molecule has 1 aromatic carbocycles. The Bertz CT molecular complexity index is 784. The first-order valence-electron chi connectivity index (χ1n) is 8.49. The summed E-state index contributed by atoms with van der Waals surface area (Å²) >= 11 is 0. The van der Waals surface area contributed by atoms with Gasteiger partial charge in [0.05, 0.1) is 11.0 Å². The van der Waals surface area contributed by atoms with Crippen LogP contribution >= 0.6 is 0 Å². The van der Waals surface area contributed by atoms with Crippen LogP contribution in [0.3, 0.4) is 0 Å². The SMILES string of the molecule is Cc1ccc(S(=O)(=O)O[C@@H]2CCC[C@]34O[C@H]3C(=O)CC[C@@]24C)cc1. The summed E-state index contributed by atoms with van der Waals surface area (Å²) in [6.45, 7) is 3.93. The highest BCUT2D eigenvalue weighted by atomic mass is 32.2. The molecule has 24 heavy (non-hydrogen) atoms. The van der Waals surface area contributed by atoms with Crippen LogP contribution in [0.4, 0.5) is 0 Å². The molecule has 1 aliphatic heterocycles. The summed E-state index contributed by atoms with van der Waals surface area (Å²) in [6.07, 6.45) is 2.55. The van der Waals surface area contributed by atoms with Gasteiger partial charge in [-0.15, -0.1) is 0 Å². The third kappa shape index (κ3) is 2.20. The van der Waals surface area contributed by atoms with Crippen molar-refractivity contribution in [1.82, 2.24) is 0 Å². The van der Waals surface area contributed by atoms with E-state index >= 15 is 0 Å². The van der Waals surface area contributed by atoms with Crippen molar-refractivity contribution in [3.8, 4) is 0 Å². The molecule has 2 aliphatic carbocycles. The Morgan fingerprint density at radius 2 is 1.92 bits per heavy atom. The van der Waals surface area contributed by atoms with Gasteiger partial charge in [-0.1, -0.05) is 24.6 Å². The number of ether oxygens (including phenoxy) is 1. The van der Waals surface area contributed by atoms with Crippen LogP contribution in [-0.4, -0.2) is 32.0 Å². The molecule has 1 spiro atoms. The smallest absolute Gasteiger partial charge is 0.297 e. The number of aryl methyl sites for hydroxylation is 1. The summed E-state index contributed by atoms with van der Waals surface area (Å²) in [5, 5.41) is 0. The second kappa shape index (κ2) is 5.13. The minimum Gasteiger partial charge on any atom is -0.357 e. The molecule has 0 amide bonds. The third-order valence-corrected chi connectivity index (χ3v) is 7.46. The van der Waals surface area contributed by atoms with Crippen molar-refractivity contribution in [2.45, 2.75) is 68.7 Å². The maximum Gasteiger partial charge on any atom is 0.297 e.